The quantitative estimate of drug-likeness (QED) is 0.219. The number of carbonyl (C=O) groups is 2. The number of alkyl halides is 3. The number of aliphatic hydroxyl groups is 4. The minimum absolute atomic E-state index is 0.0193. The van der Waals surface area contributed by atoms with Crippen molar-refractivity contribution >= 4 is 11.7 Å². The van der Waals surface area contributed by atoms with Gasteiger partial charge in [-0.2, -0.15) is 13.2 Å². The lowest BCUT2D eigenvalue weighted by Gasteiger charge is -2.56. The van der Waals surface area contributed by atoms with E-state index in [9.17, 15) is 48.3 Å². The highest BCUT2D eigenvalue weighted by Gasteiger charge is 2.68. The molecule has 0 bridgehead atoms. The monoisotopic (exact) mass is 633 g/mol. The number of fused-ring (bicyclic) bond motifs is 3. The normalized spacial score (nSPS) is 28.2. The van der Waals surface area contributed by atoms with Crippen LogP contribution in [0.15, 0.2) is 47.2 Å². The first-order valence-electron chi connectivity index (χ1n) is 14.2. The van der Waals surface area contributed by atoms with E-state index in [1.54, 1.807) is 20.2 Å². The van der Waals surface area contributed by atoms with Gasteiger partial charge in [-0.05, 0) is 57.5 Å². The predicted octanol–water partition coefficient (Wildman–Crippen LogP) is 1.80. The second-order valence-corrected chi connectivity index (χ2v) is 12.1. The number of rotatable bonds is 7. The number of aromatic nitrogens is 2. The maximum Gasteiger partial charge on any atom is 0.390 e. The molecule has 8 N–H and O–H groups in total. The average molecular weight is 634 g/mol. The number of hydrogen-bond donors (Lipinski definition) is 7. The Morgan fingerprint density at radius 1 is 1.18 bits per heavy atom. The van der Waals surface area contributed by atoms with Crippen molar-refractivity contribution in [3.05, 3.63) is 63.9 Å². The van der Waals surface area contributed by atoms with Gasteiger partial charge < -0.3 is 36.6 Å². The van der Waals surface area contributed by atoms with Crippen molar-refractivity contribution in [2.45, 2.75) is 56.2 Å². The van der Waals surface area contributed by atoms with Gasteiger partial charge in [0.05, 0.1) is 23.6 Å². The molecule has 12 nitrogen and oxygen atoms in total. The van der Waals surface area contributed by atoms with Crippen molar-refractivity contribution in [1.82, 2.24) is 20.2 Å². The summed E-state index contributed by atoms with van der Waals surface area (Å²) in [4.78, 5) is 36.7. The van der Waals surface area contributed by atoms with Crippen LogP contribution in [0.1, 0.15) is 41.3 Å². The molecular formula is C30H34F3N5O7. The zero-order chi connectivity index (χ0) is 33.2. The number of Topliss-reactive ketones (excluding diaryl/α,β-unsaturated/α-hetero) is 1. The van der Waals surface area contributed by atoms with Gasteiger partial charge in [0.1, 0.15) is 22.9 Å². The fraction of sp³-hybridized carbons (Fsp3) is 0.467. The number of aliphatic hydroxyl groups excluding tert-OH is 2. The van der Waals surface area contributed by atoms with Crippen molar-refractivity contribution in [3.63, 3.8) is 0 Å². The first-order valence-corrected chi connectivity index (χ1v) is 14.2. The summed E-state index contributed by atoms with van der Waals surface area (Å²) in [7, 11) is 3.12. The van der Waals surface area contributed by atoms with E-state index in [2.05, 4.69) is 15.3 Å². The second-order valence-electron chi connectivity index (χ2n) is 12.1. The molecule has 15 heteroatoms. The molecule has 242 valence electrons. The van der Waals surface area contributed by atoms with Crippen LogP contribution in [0, 0.1) is 11.8 Å². The molecule has 0 fully saturated rings. The van der Waals surface area contributed by atoms with Crippen molar-refractivity contribution in [2.24, 2.45) is 17.6 Å². The lowest BCUT2D eigenvalue weighted by molar-refractivity contribution is -0.183. The first-order chi connectivity index (χ1) is 20.9. The topological polar surface area (TPSA) is 202 Å². The first kappa shape index (κ1) is 32.3. The summed E-state index contributed by atoms with van der Waals surface area (Å²) < 4.78 is 38.1. The molecule has 45 heavy (non-hydrogen) atoms. The van der Waals surface area contributed by atoms with Crippen molar-refractivity contribution in [3.8, 4) is 17.1 Å². The number of benzene rings is 1. The maximum absolute atomic E-state index is 14.3. The number of nitrogens with zero attached hydrogens (tertiary/aromatic N) is 3. The van der Waals surface area contributed by atoms with Crippen LogP contribution in [0.4, 0.5) is 13.2 Å². The Balaban J connectivity index is 1.69. The Morgan fingerprint density at radius 3 is 2.40 bits per heavy atom. The Bertz CT molecular complexity index is 1620. The van der Waals surface area contributed by atoms with Gasteiger partial charge in [-0.1, -0.05) is 0 Å². The number of phenols is 1. The molecule has 3 aliphatic carbocycles. The highest BCUT2D eigenvalue weighted by molar-refractivity contribution is 6.14. The van der Waals surface area contributed by atoms with Gasteiger partial charge in [-0.25, -0.2) is 9.97 Å². The molecule has 1 aromatic heterocycles. The zero-order valence-corrected chi connectivity index (χ0v) is 24.7. The summed E-state index contributed by atoms with van der Waals surface area (Å²) in [5.74, 6) is -5.96. The molecule has 2 aromatic rings. The fourth-order valence-electron chi connectivity index (χ4n) is 7.18. The third-order valence-corrected chi connectivity index (χ3v) is 9.16. The van der Waals surface area contributed by atoms with E-state index in [0.29, 0.717) is 11.1 Å². The molecule has 1 aromatic carbocycles. The standard InChI is InChI=1S/C30H34F3N5O7/c1-28(44)20(26(34)43)24(41)21(38(2)3)17-11-13-9-15-16(27-36-6-4-7-37-27)10-14(12-35-8-5-29(31,32)33)22(39)19(15)23(40)18(13)25(42)30(17,28)45/h4,6-7,10,13,17,21,35,39,41-42,44-45H,5,8-9,11-12H2,1-3H3,(H2,34,43)/t13-,17-,21-,28?,30-/m0/s1. The highest BCUT2D eigenvalue weighted by Crippen LogP contribution is 2.57. The summed E-state index contributed by atoms with van der Waals surface area (Å²) in [6.07, 6.45) is -2.66. The number of aromatic hydroxyl groups is 1. The van der Waals surface area contributed by atoms with Crippen LogP contribution in [0.5, 0.6) is 5.75 Å². The number of hydrogen-bond acceptors (Lipinski definition) is 11. The smallest absolute Gasteiger partial charge is 0.390 e. The molecular weight excluding hydrogens is 599 g/mol. The lowest BCUT2D eigenvalue weighted by Crippen LogP contribution is -2.70. The van der Waals surface area contributed by atoms with Crippen LogP contribution >= 0.6 is 0 Å². The third kappa shape index (κ3) is 5.03. The SMILES string of the molecule is CN(C)[C@@H]1C(O)=C(C(N)=O)C(C)(O)[C@@]2(O)C(O)=C3C(=O)c4c(O)c(CNCCC(F)(F)F)cc(-c5ncccn5)c4C[C@H]3C[C@@H]12. The predicted molar refractivity (Wildman–Crippen MR) is 153 cm³/mol. The van der Waals surface area contributed by atoms with Crippen LogP contribution < -0.4 is 11.1 Å². The Kier molecular flexibility index (Phi) is 7.97. The van der Waals surface area contributed by atoms with Crippen LogP contribution in [-0.2, 0) is 17.8 Å². The van der Waals surface area contributed by atoms with E-state index < -0.39 is 82.8 Å². The number of nitrogens with two attached hydrogens (primary N) is 1. The molecule has 1 amide bonds. The number of ketones is 1. The van der Waals surface area contributed by atoms with Gasteiger partial charge in [-0.15, -0.1) is 0 Å². The van der Waals surface area contributed by atoms with Crippen LogP contribution in [0.3, 0.4) is 0 Å². The number of nitrogens with one attached hydrogen (secondary N) is 1. The number of allylic oxidation sites excluding steroid dienone is 1. The van der Waals surface area contributed by atoms with E-state index in [0.717, 1.165) is 6.92 Å². The van der Waals surface area contributed by atoms with Crippen molar-refractivity contribution in [1.29, 1.82) is 0 Å². The van der Waals surface area contributed by atoms with Gasteiger partial charge in [0.15, 0.2) is 17.2 Å². The summed E-state index contributed by atoms with van der Waals surface area (Å²) in [6.45, 7) is 0.292. The molecule has 3 aliphatic rings. The van der Waals surface area contributed by atoms with Gasteiger partial charge in [0.25, 0.3) is 5.91 Å². The minimum Gasteiger partial charge on any atom is -0.510 e. The van der Waals surface area contributed by atoms with Gasteiger partial charge in [0, 0.05) is 48.1 Å². The number of halogens is 3. The minimum atomic E-state index is -4.41. The summed E-state index contributed by atoms with van der Waals surface area (Å²) in [6, 6.07) is 1.96. The average Bonchev–Trinajstić information content (AvgIpc) is 2.93. The number of amides is 1. The molecule has 0 spiro atoms. The van der Waals surface area contributed by atoms with E-state index >= 15 is 0 Å². The molecule has 1 unspecified atom stereocenters. The summed E-state index contributed by atoms with van der Waals surface area (Å²) in [5, 5.41) is 60.5. The van der Waals surface area contributed by atoms with Crippen molar-refractivity contribution < 1.29 is 48.3 Å². The van der Waals surface area contributed by atoms with Crippen LogP contribution in [0.2, 0.25) is 0 Å². The second kappa shape index (κ2) is 11.1. The molecule has 1 heterocycles. The van der Waals surface area contributed by atoms with E-state index in [1.165, 1.54) is 23.4 Å². The van der Waals surface area contributed by atoms with E-state index in [-0.39, 0.29) is 41.9 Å². The van der Waals surface area contributed by atoms with E-state index in [4.69, 9.17) is 5.73 Å². The van der Waals surface area contributed by atoms with Gasteiger partial charge in [0.2, 0.25) is 0 Å². The largest absolute Gasteiger partial charge is 0.510 e. The zero-order valence-electron chi connectivity index (χ0n) is 24.7. The Morgan fingerprint density at radius 2 is 1.82 bits per heavy atom. The molecule has 5 atom stereocenters. The lowest BCUT2D eigenvalue weighted by atomic mass is 9.54. The van der Waals surface area contributed by atoms with Gasteiger partial charge in [-0.3, -0.25) is 14.5 Å². The highest BCUT2D eigenvalue weighted by atomic mass is 19.4. The summed E-state index contributed by atoms with van der Waals surface area (Å²) >= 11 is 0. The molecule has 0 saturated heterocycles. The number of phenolic OH excluding ortho intramolecular Hbond substituents is 1. The fourth-order valence-corrected chi connectivity index (χ4v) is 7.18. The number of likely N-dealkylation sites (N-methyl/N-ethyl adjacent to an activating group) is 1. The molecule has 0 saturated carbocycles. The van der Waals surface area contributed by atoms with Crippen LogP contribution in [0.25, 0.3) is 11.4 Å². The van der Waals surface area contributed by atoms with Crippen molar-refractivity contribution in [2.75, 3.05) is 20.6 Å². The van der Waals surface area contributed by atoms with Crippen LogP contribution in [-0.4, -0.2) is 96.2 Å². The van der Waals surface area contributed by atoms with E-state index in [1.807, 2.05) is 0 Å². The molecule has 0 aliphatic heterocycles. The maximum atomic E-state index is 14.3. The number of primary amides is 1. The molecule has 5 rings (SSSR count). The number of carbonyl (C=O) groups excluding carboxylic acids is 2. The van der Waals surface area contributed by atoms with Gasteiger partial charge >= 0.3 is 6.18 Å². The molecule has 0 radical (unpaired) electrons. The Labute approximate surface area is 255 Å². The Hall–Kier alpha value is -4.05. The summed E-state index contributed by atoms with van der Waals surface area (Å²) in [5.41, 5.74) is -0.401. The third-order valence-electron chi connectivity index (χ3n) is 9.16.